The van der Waals surface area contributed by atoms with E-state index in [2.05, 4.69) is 5.32 Å². The van der Waals surface area contributed by atoms with E-state index in [4.69, 9.17) is 16.9 Å². The van der Waals surface area contributed by atoms with E-state index in [-0.39, 0.29) is 14.8 Å². The maximum Gasteiger partial charge on any atom is 0.219 e. The Balaban J connectivity index is 2.59. The molecule has 0 aromatic heterocycles. The van der Waals surface area contributed by atoms with Gasteiger partial charge in [-0.25, -0.2) is 8.42 Å². The Morgan fingerprint density at radius 1 is 1.39 bits per heavy atom. The molecule has 0 unspecified atom stereocenters. The fourth-order valence-corrected chi connectivity index (χ4v) is 3.71. The molecule has 1 aromatic rings. The molecular formula is C12H11ClN2O2S. The first kappa shape index (κ1) is 12.9. The fourth-order valence-electron chi connectivity index (χ4n) is 1.85. The summed E-state index contributed by atoms with van der Waals surface area (Å²) in [6.45, 7) is 0.693. The Hall–Kier alpha value is -1.51. The number of hydrogen-bond acceptors (Lipinski definition) is 4. The van der Waals surface area contributed by atoms with Crippen LogP contribution in [0.4, 0.5) is 0 Å². The van der Waals surface area contributed by atoms with Crippen molar-refractivity contribution >= 4 is 21.4 Å². The SMILES string of the molecule is N#CC(=C1CCCN1)S(=O)(=O)c1ccccc1Cl. The number of allylic oxidation sites excluding steroid dienone is 2. The first-order chi connectivity index (χ1) is 8.57. The molecule has 2 rings (SSSR count). The van der Waals surface area contributed by atoms with Gasteiger partial charge < -0.3 is 5.32 Å². The van der Waals surface area contributed by atoms with E-state index >= 15 is 0 Å². The minimum absolute atomic E-state index is 0.0237. The van der Waals surface area contributed by atoms with Gasteiger partial charge in [0, 0.05) is 12.2 Å². The van der Waals surface area contributed by atoms with Gasteiger partial charge in [0.05, 0.1) is 9.92 Å². The molecule has 1 saturated heterocycles. The zero-order chi connectivity index (χ0) is 13.2. The van der Waals surface area contributed by atoms with Crippen LogP contribution in [0, 0.1) is 11.3 Å². The van der Waals surface area contributed by atoms with Gasteiger partial charge in [-0.05, 0) is 25.0 Å². The smallest absolute Gasteiger partial charge is 0.219 e. The third-order valence-corrected chi connectivity index (χ3v) is 4.96. The molecule has 0 bridgehead atoms. The second-order valence-corrected chi connectivity index (χ2v) is 6.15. The van der Waals surface area contributed by atoms with Crippen molar-refractivity contribution in [1.29, 1.82) is 5.26 Å². The summed E-state index contributed by atoms with van der Waals surface area (Å²) in [6.07, 6.45) is 1.41. The second kappa shape index (κ2) is 5.01. The average molecular weight is 283 g/mol. The van der Waals surface area contributed by atoms with Crippen LogP contribution < -0.4 is 5.32 Å². The van der Waals surface area contributed by atoms with Crippen LogP contribution in [0.25, 0.3) is 0 Å². The molecule has 1 fully saturated rings. The maximum atomic E-state index is 12.4. The summed E-state index contributed by atoms with van der Waals surface area (Å²) in [6, 6.07) is 7.91. The highest BCUT2D eigenvalue weighted by Gasteiger charge is 2.27. The quantitative estimate of drug-likeness (QED) is 0.845. The first-order valence-electron chi connectivity index (χ1n) is 5.44. The number of nitrogens with one attached hydrogen (secondary N) is 1. The molecule has 6 heteroatoms. The summed E-state index contributed by atoms with van der Waals surface area (Å²) in [5.41, 5.74) is 0.484. The number of nitriles is 1. The fraction of sp³-hybridized carbons (Fsp3) is 0.250. The van der Waals surface area contributed by atoms with Crippen molar-refractivity contribution in [2.45, 2.75) is 17.7 Å². The predicted molar refractivity (Wildman–Crippen MR) is 68.5 cm³/mol. The zero-order valence-corrected chi connectivity index (χ0v) is 11.1. The highest BCUT2D eigenvalue weighted by molar-refractivity contribution is 7.95. The van der Waals surface area contributed by atoms with Gasteiger partial charge in [0.15, 0.2) is 4.91 Å². The van der Waals surface area contributed by atoms with Crippen LogP contribution in [0.2, 0.25) is 5.02 Å². The van der Waals surface area contributed by atoms with Crippen molar-refractivity contribution in [3.05, 3.63) is 39.9 Å². The Morgan fingerprint density at radius 2 is 2.11 bits per heavy atom. The number of nitrogens with zero attached hydrogens (tertiary/aromatic N) is 1. The first-order valence-corrected chi connectivity index (χ1v) is 7.30. The summed E-state index contributed by atoms with van der Waals surface area (Å²) in [7, 11) is -3.84. The second-order valence-electron chi connectivity index (χ2n) is 3.88. The van der Waals surface area contributed by atoms with Crippen LogP contribution in [0.3, 0.4) is 0 Å². The molecule has 1 aliphatic heterocycles. The largest absolute Gasteiger partial charge is 0.387 e. The number of rotatable bonds is 2. The summed E-state index contributed by atoms with van der Waals surface area (Å²) >= 11 is 5.88. The van der Waals surface area contributed by atoms with Crippen molar-refractivity contribution in [2.24, 2.45) is 0 Å². The molecule has 1 heterocycles. The Bertz CT molecular complexity index is 636. The molecule has 0 radical (unpaired) electrons. The lowest BCUT2D eigenvalue weighted by atomic mass is 10.3. The van der Waals surface area contributed by atoms with E-state index in [1.165, 1.54) is 12.1 Å². The van der Waals surface area contributed by atoms with Crippen LogP contribution in [-0.4, -0.2) is 15.0 Å². The van der Waals surface area contributed by atoms with Crippen LogP contribution in [0.5, 0.6) is 0 Å². The van der Waals surface area contributed by atoms with E-state index in [1.54, 1.807) is 18.2 Å². The minimum Gasteiger partial charge on any atom is -0.387 e. The van der Waals surface area contributed by atoms with E-state index < -0.39 is 9.84 Å². The summed E-state index contributed by atoms with van der Waals surface area (Å²) in [4.78, 5) is -0.252. The van der Waals surface area contributed by atoms with Crippen LogP contribution in [-0.2, 0) is 9.84 Å². The molecule has 0 aliphatic carbocycles. The van der Waals surface area contributed by atoms with E-state index in [0.717, 1.165) is 6.42 Å². The number of sulfone groups is 1. The average Bonchev–Trinajstić information content (AvgIpc) is 2.83. The summed E-state index contributed by atoms with van der Waals surface area (Å²) in [5, 5.41) is 12.2. The molecule has 94 valence electrons. The number of benzene rings is 1. The molecule has 0 saturated carbocycles. The van der Waals surface area contributed by atoms with Crippen LogP contribution in [0.1, 0.15) is 12.8 Å². The molecule has 0 amide bonds. The summed E-state index contributed by atoms with van der Waals surface area (Å²) in [5.74, 6) is 0. The van der Waals surface area contributed by atoms with Gasteiger partial charge >= 0.3 is 0 Å². The van der Waals surface area contributed by atoms with E-state index in [1.807, 2.05) is 0 Å². The van der Waals surface area contributed by atoms with Gasteiger partial charge in [-0.1, -0.05) is 23.7 Å². The predicted octanol–water partition coefficient (Wildman–Crippen LogP) is 2.23. The molecular weight excluding hydrogens is 272 g/mol. The number of halogens is 1. The van der Waals surface area contributed by atoms with Crippen LogP contribution in [0.15, 0.2) is 39.8 Å². The third-order valence-electron chi connectivity index (χ3n) is 2.71. The lowest BCUT2D eigenvalue weighted by Gasteiger charge is -2.07. The monoisotopic (exact) mass is 282 g/mol. The van der Waals surface area contributed by atoms with Gasteiger partial charge in [-0.3, -0.25) is 0 Å². The van der Waals surface area contributed by atoms with Gasteiger partial charge in [-0.15, -0.1) is 0 Å². The maximum absolute atomic E-state index is 12.4. The van der Waals surface area contributed by atoms with Crippen molar-refractivity contribution in [1.82, 2.24) is 5.32 Å². The number of hydrogen-bond donors (Lipinski definition) is 1. The Morgan fingerprint density at radius 3 is 2.67 bits per heavy atom. The van der Waals surface area contributed by atoms with E-state index in [0.29, 0.717) is 18.7 Å². The minimum atomic E-state index is -3.84. The zero-order valence-electron chi connectivity index (χ0n) is 9.48. The Labute approximate surface area is 111 Å². The summed E-state index contributed by atoms with van der Waals surface area (Å²) < 4.78 is 24.7. The molecule has 1 aromatic carbocycles. The molecule has 1 N–H and O–H groups in total. The third kappa shape index (κ3) is 2.22. The van der Waals surface area contributed by atoms with Gasteiger partial charge in [0.25, 0.3) is 0 Å². The highest BCUT2D eigenvalue weighted by atomic mass is 35.5. The molecule has 18 heavy (non-hydrogen) atoms. The lowest BCUT2D eigenvalue weighted by molar-refractivity contribution is 0.602. The van der Waals surface area contributed by atoms with E-state index in [9.17, 15) is 8.42 Å². The van der Waals surface area contributed by atoms with Crippen molar-refractivity contribution in [2.75, 3.05) is 6.54 Å². The standard InChI is InChI=1S/C12H11ClN2O2S/c13-9-4-1-2-6-11(9)18(16,17)12(8-14)10-5-3-7-15-10/h1-2,4,6,15H,3,5,7H2. The van der Waals surface area contributed by atoms with Gasteiger partial charge in [0.1, 0.15) is 6.07 Å². The van der Waals surface area contributed by atoms with Crippen molar-refractivity contribution < 1.29 is 8.42 Å². The molecule has 0 atom stereocenters. The highest BCUT2D eigenvalue weighted by Crippen LogP contribution is 2.29. The Kier molecular flexibility index (Phi) is 3.60. The normalized spacial score (nSPS) is 18.0. The van der Waals surface area contributed by atoms with Crippen molar-refractivity contribution in [3.8, 4) is 6.07 Å². The lowest BCUT2D eigenvalue weighted by Crippen LogP contribution is -2.13. The molecule has 1 aliphatic rings. The van der Waals surface area contributed by atoms with Gasteiger partial charge in [0.2, 0.25) is 9.84 Å². The topological polar surface area (TPSA) is 70.0 Å². The van der Waals surface area contributed by atoms with Crippen LogP contribution >= 0.6 is 11.6 Å². The molecule has 0 spiro atoms. The molecule has 4 nitrogen and oxygen atoms in total. The van der Waals surface area contributed by atoms with Crippen molar-refractivity contribution in [3.63, 3.8) is 0 Å². The van der Waals surface area contributed by atoms with Gasteiger partial charge in [-0.2, -0.15) is 5.26 Å².